The standard InChI is InChI=1S/C20H19N3O6S/c1-9-14-17(21-10(2)23(3)18(14)25)30-15(9)16(24)22-13-7-11(19(26)28-4)6-12(8-13)20(27)29-5/h6-8H,1-5H3,(H,22,24). The second-order valence-electron chi connectivity index (χ2n) is 6.50. The minimum atomic E-state index is -0.669. The van der Waals surface area contributed by atoms with Gasteiger partial charge in [0.25, 0.3) is 11.5 Å². The van der Waals surface area contributed by atoms with Crippen LogP contribution in [-0.4, -0.2) is 41.6 Å². The van der Waals surface area contributed by atoms with E-state index in [9.17, 15) is 19.2 Å². The fraction of sp³-hybridized carbons (Fsp3) is 0.250. The second kappa shape index (κ2) is 8.07. The van der Waals surface area contributed by atoms with Crippen LogP contribution in [0.2, 0.25) is 0 Å². The number of nitrogens with one attached hydrogen (secondary N) is 1. The summed E-state index contributed by atoms with van der Waals surface area (Å²) in [5.74, 6) is -1.29. The van der Waals surface area contributed by atoms with E-state index in [0.29, 0.717) is 26.5 Å². The summed E-state index contributed by atoms with van der Waals surface area (Å²) < 4.78 is 10.8. The van der Waals surface area contributed by atoms with Gasteiger partial charge in [-0.25, -0.2) is 14.6 Å². The van der Waals surface area contributed by atoms with Gasteiger partial charge in [0.15, 0.2) is 0 Å². The van der Waals surface area contributed by atoms with Crippen LogP contribution in [0.3, 0.4) is 0 Å². The first-order valence-electron chi connectivity index (χ1n) is 8.77. The topological polar surface area (TPSA) is 117 Å². The molecule has 2 aromatic heterocycles. The van der Waals surface area contributed by atoms with Crippen molar-refractivity contribution in [1.82, 2.24) is 9.55 Å². The Bertz CT molecular complexity index is 1220. The van der Waals surface area contributed by atoms with Gasteiger partial charge in [0.2, 0.25) is 0 Å². The van der Waals surface area contributed by atoms with E-state index in [-0.39, 0.29) is 22.4 Å². The molecule has 3 rings (SSSR count). The molecule has 0 aliphatic rings. The Morgan fingerprint density at radius 1 is 1.03 bits per heavy atom. The molecule has 0 unspecified atom stereocenters. The fourth-order valence-electron chi connectivity index (χ4n) is 2.94. The van der Waals surface area contributed by atoms with Crippen LogP contribution in [-0.2, 0) is 16.5 Å². The molecule has 3 aromatic rings. The molecular weight excluding hydrogens is 410 g/mol. The van der Waals surface area contributed by atoms with E-state index in [1.54, 1.807) is 20.9 Å². The molecule has 1 aromatic carbocycles. The summed E-state index contributed by atoms with van der Waals surface area (Å²) in [6, 6.07) is 4.09. The molecule has 9 nitrogen and oxygen atoms in total. The van der Waals surface area contributed by atoms with Crippen LogP contribution in [0.5, 0.6) is 0 Å². The highest BCUT2D eigenvalue weighted by Crippen LogP contribution is 2.28. The normalized spacial score (nSPS) is 10.7. The first kappa shape index (κ1) is 21.2. The minimum Gasteiger partial charge on any atom is -0.465 e. The summed E-state index contributed by atoms with van der Waals surface area (Å²) >= 11 is 1.10. The van der Waals surface area contributed by atoms with Gasteiger partial charge in [-0.15, -0.1) is 11.3 Å². The third kappa shape index (κ3) is 3.69. The Hall–Kier alpha value is -3.53. The number of amides is 1. The zero-order valence-electron chi connectivity index (χ0n) is 17.0. The summed E-state index contributed by atoms with van der Waals surface area (Å²) in [5, 5.41) is 3.05. The molecule has 10 heteroatoms. The molecule has 0 bridgehead atoms. The average Bonchev–Trinajstić information content (AvgIpc) is 3.06. The summed E-state index contributed by atoms with van der Waals surface area (Å²) in [7, 11) is 4.04. The van der Waals surface area contributed by atoms with Crippen molar-refractivity contribution in [1.29, 1.82) is 0 Å². The van der Waals surface area contributed by atoms with Crippen LogP contribution < -0.4 is 10.9 Å². The van der Waals surface area contributed by atoms with Crippen molar-refractivity contribution in [3.8, 4) is 0 Å². The second-order valence-corrected chi connectivity index (χ2v) is 7.49. The zero-order chi connectivity index (χ0) is 22.2. The number of anilines is 1. The van der Waals surface area contributed by atoms with E-state index in [4.69, 9.17) is 9.47 Å². The van der Waals surface area contributed by atoms with Gasteiger partial charge in [0.1, 0.15) is 10.7 Å². The highest BCUT2D eigenvalue weighted by Gasteiger charge is 2.21. The first-order valence-corrected chi connectivity index (χ1v) is 9.59. The lowest BCUT2D eigenvalue weighted by Crippen LogP contribution is -2.20. The molecule has 30 heavy (non-hydrogen) atoms. The van der Waals surface area contributed by atoms with E-state index in [2.05, 4.69) is 10.3 Å². The lowest BCUT2D eigenvalue weighted by atomic mass is 10.1. The van der Waals surface area contributed by atoms with E-state index in [0.717, 1.165) is 11.3 Å². The number of rotatable bonds is 4. The van der Waals surface area contributed by atoms with Crippen LogP contribution in [0.1, 0.15) is 41.8 Å². The Labute approximate surface area is 175 Å². The van der Waals surface area contributed by atoms with Crippen LogP contribution >= 0.6 is 11.3 Å². The Kier molecular flexibility index (Phi) is 5.70. The maximum Gasteiger partial charge on any atom is 0.337 e. The number of carbonyl (C=O) groups excluding carboxylic acids is 3. The summed E-state index contributed by atoms with van der Waals surface area (Å²) in [4.78, 5) is 54.5. The van der Waals surface area contributed by atoms with Gasteiger partial charge in [0.05, 0.1) is 35.6 Å². The smallest absolute Gasteiger partial charge is 0.337 e. The number of hydrogen-bond acceptors (Lipinski definition) is 8. The molecule has 0 atom stereocenters. The lowest BCUT2D eigenvalue weighted by molar-refractivity contribution is 0.0599. The number of hydrogen-bond donors (Lipinski definition) is 1. The number of thiophene rings is 1. The molecule has 0 spiro atoms. The number of benzene rings is 1. The van der Waals surface area contributed by atoms with Crippen molar-refractivity contribution in [2.45, 2.75) is 13.8 Å². The molecule has 0 saturated heterocycles. The number of aryl methyl sites for hydroxylation is 2. The molecular formula is C20H19N3O6S. The number of carbonyl (C=O) groups is 3. The fourth-order valence-corrected chi connectivity index (χ4v) is 4.05. The van der Waals surface area contributed by atoms with E-state index >= 15 is 0 Å². The molecule has 156 valence electrons. The molecule has 1 N–H and O–H groups in total. The van der Waals surface area contributed by atoms with Gasteiger partial charge in [-0.1, -0.05) is 0 Å². The predicted molar refractivity (Wildman–Crippen MR) is 111 cm³/mol. The first-order chi connectivity index (χ1) is 14.2. The van der Waals surface area contributed by atoms with Gasteiger partial charge in [-0.05, 0) is 37.6 Å². The number of ether oxygens (including phenoxy) is 2. The van der Waals surface area contributed by atoms with Crippen LogP contribution in [0.15, 0.2) is 23.0 Å². The summed E-state index contributed by atoms with van der Waals surface area (Å²) in [5.41, 5.74) is 0.644. The molecule has 0 fully saturated rings. The van der Waals surface area contributed by atoms with Crippen LogP contribution in [0.4, 0.5) is 5.69 Å². The van der Waals surface area contributed by atoms with Crippen LogP contribution in [0, 0.1) is 13.8 Å². The van der Waals surface area contributed by atoms with Gasteiger partial charge in [0, 0.05) is 12.7 Å². The van der Waals surface area contributed by atoms with Crippen molar-refractivity contribution in [3.63, 3.8) is 0 Å². The van der Waals surface area contributed by atoms with Gasteiger partial charge in [-0.3, -0.25) is 14.2 Å². The zero-order valence-corrected chi connectivity index (χ0v) is 17.8. The van der Waals surface area contributed by atoms with E-state index in [1.165, 1.54) is 37.0 Å². The number of esters is 2. The summed E-state index contributed by atoms with van der Waals surface area (Å²) in [6.45, 7) is 3.39. The van der Waals surface area contributed by atoms with Gasteiger partial charge >= 0.3 is 11.9 Å². The lowest BCUT2D eigenvalue weighted by Gasteiger charge is -2.09. The van der Waals surface area contributed by atoms with Crippen molar-refractivity contribution in [3.05, 3.63) is 55.9 Å². The number of aromatic nitrogens is 2. The highest BCUT2D eigenvalue weighted by molar-refractivity contribution is 7.20. The van der Waals surface area contributed by atoms with Crippen molar-refractivity contribution in [2.75, 3.05) is 19.5 Å². The Morgan fingerprint density at radius 2 is 1.60 bits per heavy atom. The van der Waals surface area contributed by atoms with Crippen LogP contribution in [0.25, 0.3) is 10.2 Å². The van der Waals surface area contributed by atoms with E-state index < -0.39 is 17.8 Å². The Morgan fingerprint density at radius 3 is 2.13 bits per heavy atom. The molecule has 1 amide bonds. The predicted octanol–water partition coefficient (Wildman–Crippen LogP) is 2.44. The number of nitrogens with zero attached hydrogens (tertiary/aromatic N) is 2. The van der Waals surface area contributed by atoms with Crippen molar-refractivity contribution >= 4 is 45.1 Å². The van der Waals surface area contributed by atoms with Crippen molar-refractivity contribution in [2.24, 2.45) is 7.05 Å². The highest BCUT2D eigenvalue weighted by atomic mass is 32.1. The largest absolute Gasteiger partial charge is 0.465 e. The number of fused-ring (bicyclic) bond motifs is 1. The summed E-state index contributed by atoms with van der Waals surface area (Å²) in [6.07, 6.45) is 0. The molecule has 0 saturated carbocycles. The third-order valence-corrected chi connectivity index (χ3v) is 5.82. The minimum absolute atomic E-state index is 0.0786. The maximum absolute atomic E-state index is 12.9. The molecule has 0 radical (unpaired) electrons. The molecule has 0 aliphatic heterocycles. The Balaban J connectivity index is 2.05. The van der Waals surface area contributed by atoms with Gasteiger partial charge in [-0.2, -0.15) is 0 Å². The van der Waals surface area contributed by atoms with Crippen molar-refractivity contribution < 1.29 is 23.9 Å². The molecule has 2 heterocycles. The maximum atomic E-state index is 12.9. The third-order valence-electron chi connectivity index (χ3n) is 4.63. The monoisotopic (exact) mass is 429 g/mol. The van der Waals surface area contributed by atoms with E-state index in [1.807, 2.05) is 0 Å². The quantitative estimate of drug-likeness (QED) is 0.633. The average molecular weight is 429 g/mol. The van der Waals surface area contributed by atoms with Gasteiger partial charge < -0.3 is 14.8 Å². The number of methoxy groups -OCH3 is 2. The molecule has 0 aliphatic carbocycles. The SMILES string of the molecule is COC(=O)c1cc(NC(=O)c2sc3nc(C)n(C)c(=O)c3c2C)cc(C(=O)OC)c1.